The molecule has 3 rings (SSSR count). The summed E-state index contributed by atoms with van der Waals surface area (Å²) >= 11 is 1.66. The highest BCUT2D eigenvalue weighted by molar-refractivity contribution is 7.13. The predicted octanol–water partition coefficient (Wildman–Crippen LogP) is 4.14. The van der Waals surface area contributed by atoms with Crippen LogP contribution < -0.4 is 5.32 Å². The molecule has 1 aromatic heterocycles. The van der Waals surface area contributed by atoms with Crippen molar-refractivity contribution in [3.63, 3.8) is 0 Å². The smallest absolute Gasteiger partial charge is 0.307 e. The number of aliphatic carboxylic acids is 2. The van der Waals surface area contributed by atoms with E-state index in [1.54, 1.807) is 35.6 Å². The minimum atomic E-state index is -1.05. The molecule has 7 nitrogen and oxygen atoms in total. The molecule has 8 heteroatoms. The zero-order valence-electron chi connectivity index (χ0n) is 19.1. The molecule has 3 N–H and O–H groups in total. The molecule has 1 atom stereocenters. The molecule has 2 aromatic carbocycles. The van der Waals surface area contributed by atoms with E-state index in [0.29, 0.717) is 17.5 Å². The molecule has 0 spiro atoms. The van der Waals surface area contributed by atoms with Crippen LogP contribution in [0.1, 0.15) is 36.0 Å². The summed E-state index contributed by atoms with van der Waals surface area (Å²) in [5.74, 6) is -2.66. The van der Waals surface area contributed by atoms with Crippen LogP contribution in [0.3, 0.4) is 0 Å². The summed E-state index contributed by atoms with van der Waals surface area (Å²) in [5, 5.41) is 22.7. The van der Waals surface area contributed by atoms with Gasteiger partial charge < -0.3 is 15.5 Å². The quantitative estimate of drug-likeness (QED) is 0.329. The molecule has 0 aliphatic carbocycles. The van der Waals surface area contributed by atoms with Crippen LogP contribution in [0.5, 0.6) is 0 Å². The first kappa shape index (κ1) is 25.8. The van der Waals surface area contributed by atoms with Gasteiger partial charge in [-0.3, -0.25) is 19.2 Å². The molecule has 3 aromatic rings. The van der Waals surface area contributed by atoms with Crippen molar-refractivity contribution in [3.8, 4) is 10.4 Å². The number of benzene rings is 2. The van der Waals surface area contributed by atoms with Gasteiger partial charge in [-0.2, -0.15) is 0 Å². The van der Waals surface area contributed by atoms with E-state index in [1.807, 2.05) is 41.8 Å². The van der Waals surface area contributed by atoms with Crippen molar-refractivity contribution >= 4 is 35.0 Å². The van der Waals surface area contributed by atoms with Gasteiger partial charge in [0.1, 0.15) is 0 Å². The number of carbonyl (C=O) groups is 4. The highest BCUT2D eigenvalue weighted by Gasteiger charge is 2.22. The van der Waals surface area contributed by atoms with Gasteiger partial charge in [0.2, 0.25) is 5.91 Å². The maximum absolute atomic E-state index is 12.9. The molecule has 0 radical (unpaired) electrons. The van der Waals surface area contributed by atoms with Crippen molar-refractivity contribution in [3.05, 3.63) is 82.7 Å². The van der Waals surface area contributed by atoms with Gasteiger partial charge in [-0.1, -0.05) is 54.6 Å². The number of ketones is 1. The summed E-state index contributed by atoms with van der Waals surface area (Å²) < 4.78 is 0. The largest absolute Gasteiger partial charge is 0.481 e. The highest BCUT2D eigenvalue weighted by atomic mass is 32.1. The maximum Gasteiger partial charge on any atom is 0.307 e. The Balaban J connectivity index is 1.58. The molecule has 0 fully saturated rings. The fourth-order valence-corrected chi connectivity index (χ4v) is 4.47. The molecule has 0 aliphatic rings. The number of carboxylic acid groups (broad SMARTS) is 2. The maximum atomic E-state index is 12.9. The number of rotatable bonds is 13. The Labute approximate surface area is 207 Å². The summed E-state index contributed by atoms with van der Waals surface area (Å²) in [6.45, 7) is 0. The fraction of sp³-hybridized carbons (Fsp3) is 0.259. The Kier molecular flexibility index (Phi) is 9.31. The van der Waals surface area contributed by atoms with Crippen LogP contribution in [0, 0.1) is 0 Å². The number of hydrogen-bond acceptors (Lipinski definition) is 5. The monoisotopic (exact) mass is 493 g/mol. The molecule has 0 bridgehead atoms. The first-order valence-electron chi connectivity index (χ1n) is 11.3. The van der Waals surface area contributed by atoms with Crippen LogP contribution in [0.15, 0.2) is 66.0 Å². The second-order valence-corrected chi connectivity index (χ2v) is 9.21. The third-order valence-electron chi connectivity index (χ3n) is 5.50. The van der Waals surface area contributed by atoms with Crippen molar-refractivity contribution in [1.29, 1.82) is 0 Å². The van der Waals surface area contributed by atoms with Crippen LogP contribution >= 0.6 is 11.3 Å². The summed E-state index contributed by atoms with van der Waals surface area (Å²) in [4.78, 5) is 48.7. The van der Waals surface area contributed by atoms with Gasteiger partial charge in [0.25, 0.3) is 0 Å². The van der Waals surface area contributed by atoms with Gasteiger partial charge in [0.05, 0.1) is 12.5 Å². The minimum Gasteiger partial charge on any atom is -0.481 e. The third kappa shape index (κ3) is 8.50. The van der Waals surface area contributed by atoms with Crippen molar-refractivity contribution in [2.75, 3.05) is 0 Å². The second-order valence-electron chi connectivity index (χ2n) is 8.26. The second kappa shape index (κ2) is 12.6. The van der Waals surface area contributed by atoms with E-state index in [2.05, 4.69) is 5.32 Å². The number of aryl methyl sites for hydroxylation is 1. The molecular weight excluding hydrogens is 466 g/mol. The molecule has 182 valence electrons. The van der Waals surface area contributed by atoms with Crippen molar-refractivity contribution in [1.82, 2.24) is 5.32 Å². The first-order valence-corrected chi connectivity index (χ1v) is 12.1. The molecule has 1 heterocycles. The molecule has 1 amide bonds. The van der Waals surface area contributed by atoms with Gasteiger partial charge in [0.15, 0.2) is 5.78 Å². The van der Waals surface area contributed by atoms with E-state index < -0.39 is 18.0 Å². The van der Waals surface area contributed by atoms with Gasteiger partial charge in [-0.25, -0.2) is 0 Å². The standard InChI is InChI=1S/C27H27NO6S/c29-23(16-19-3-1-4-20(15-19)17-27(33)34)22(11-13-26(31)32)28-25(30)12-8-18-6-9-21(10-7-18)24-5-2-14-35-24/h1-7,9-10,14-15,22H,8,11-13,16-17H2,(H,28,30)(H,31,32)(H,33,34)/t22-/m0/s1. The topological polar surface area (TPSA) is 121 Å². The Bertz CT molecular complexity index is 1170. The SMILES string of the molecule is O=C(O)CC[C@H](NC(=O)CCc1ccc(-c2cccs2)cc1)C(=O)Cc1cccc(CC(=O)O)c1. The lowest BCUT2D eigenvalue weighted by Gasteiger charge is -2.17. The molecule has 0 unspecified atom stereocenters. The number of amides is 1. The van der Waals surface area contributed by atoms with E-state index in [4.69, 9.17) is 10.2 Å². The lowest BCUT2D eigenvalue weighted by atomic mass is 9.98. The van der Waals surface area contributed by atoms with E-state index in [-0.39, 0.29) is 43.8 Å². The van der Waals surface area contributed by atoms with Gasteiger partial charge in [0, 0.05) is 24.1 Å². The number of Topliss-reactive ketones (excluding diaryl/α,β-unsaturated/α-hetero) is 1. The van der Waals surface area contributed by atoms with E-state index in [0.717, 1.165) is 11.1 Å². The molecular formula is C27H27NO6S. The van der Waals surface area contributed by atoms with E-state index in [1.165, 1.54) is 4.88 Å². The van der Waals surface area contributed by atoms with Gasteiger partial charge in [-0.15, -0.1) is 11.3 Å². The van der Waals surface area contributed by atoms with Crippen LogP contribution in [0.2, 0.25) is 0 Å². The average molecular weight is 494 g/mol. The lowest BCUT2D eigenvalue weighted by Crippen LogP contribution is -2.42. The number of thiophene rings is 1. The van der Waals surface area contributed by atoms with Crippen LogP contribution in [-0.4, -0.2) is 39.9 Å². The van der Waals surface area contributed by atoms with Crippen LogP contribution in [0.25, 0.3) is 10.4 Å². The molecule has 0 saturated carbocycles. The number of carboxylic acids is 2. The van der Waals surface area contributed by atoms with Gasteiger partial charge >= 0.3 is 11.9 Å². The number of carbonyl (C=O) groups excluding carboxylic acids is 2. The number of nitrogens with one attached hydrogen (secondary N) is 1. The van der Waals surface area contributed by atoms with E-state index >= 15 is 0 Å². The normalized spacial score (nSPS) is 11.5. The molecule has 0 saturated heterocycles. The average Bonchev–Trinajstić information content (AvgIpc) is 3.35. The molecule has 35 heavy (non-hydrogen) atoms. The summed E-state index contributed by atoms with van der Waals surface area (Å²) in [5.41, 5.74) is 3.29. The summed E-state index contributed by atoms with van der Waals surface area (Å²) in [7, 11) is 0. The third-order valence-corrected chi connectivity index (χ3v) is 6.42. The first-order chi connectivity index (χ1) is 16.8. The fourth-order valence-electron chi connectivity index (χ4n) is 3.73. The number of hydrogen-bond donors (Lipinski definition) is 3. The summed E-state index contributed by atoms with van der Waals surface area (Å²) in [6.07, 6.45) is 0.221. The zero-order chi connectivity index (χ0) is 25.2. The minimum absolute atomic E-state index is 0.00969. The van der Waals surface area contributed by atoms with Crippen molar-refractivity contribution < 1.29 is 29.4 Å². The van der Waals surface area contributed by atoms with Gasteiger partial charge in [-0.05, 0) is 46.5 Å². The Hall–Kier alpha value is -3.78. The summed E-state index contributed by atoms with van der Waals surface area (Å²) in [6, 6.07) is 17.8. The van der Waals surface area contributed by atoms with E-state index in [9.17, 15) is 19.2 Å². The Morgan fingerprint density at radius 1 is 0.800 bits per heavy atom. The van der Waals surface area contributed by atoms with Crippen LogP contribution in [-0.2, 0) is 38.4 Å². The highest BCUT2D eigenvalue weighted by Crippen LogP contribution is 2.24. The lowest BCUT2D eigenvalue weighted by molar-refractivity contribution is -0.138. The zero-order valence-corrected chi connectivity index (χ0v) is 19.9. The Morgan fingerprint density at radius 3 is 2.14 bits per heavy atom. The van der Waals surface area contributed by atoms with Crippen molar-refractivity contribution in [2.24, 2.45) is 0 Å². The predicted molar refractivity (Wildman–Crippen MR) is 133 cm³/mol. The van der Waals surface area contributed by atoms with Crippen molar-refractivity contribution in [2.45, 2.75) is 44.6 Å². The molecule has 0 aliphatic heterocycles. The Morgan fingerprint density at radius 2 is 1.51 bits per heavy atom. The van der Waals surface area contributed by atoms with Crippen LogP contribution in [0.4, 0.5) is 0 Å².